The number of nitrogens with zero attached hydrogens (tertiary/aromatic N) is 1. The molecule has 0 aliphatic carbocycles. The van der Waals surface area contributed by atoms with Crippen LogP contribution in [0.3, 0.4) is 0 Å². The van der Waals surface area contributed by atoms with E-state index in [1.54, 1.807) is 7.11 Å². The highest BCUT2D eigenvalue weighted by molar-refractivity contribution is 8.13. The van der Waals surface area contributed by atoms with Crippen molar-refractivity contribution in [2.75, 3.05) is 7.11 Å². The minimum absolute atomic E-state index is 0.0888. The van der Waals surface area contributed by atoms with Gasteiger partial charge in [-0.25, -0.2) is 0 Å². The lowest BCUT2D eigenvalue weighted by Gasteiger charge is -2.06. The fourth-order valence-electron chi connectivity index (χ4n) is 1.12. The number of methoxy groups -OCH3 is 1. The molecule has 0 aromatic heterocycles. The number of nitrogens with one attached hydrogen (secondary N) is 1. The number of nitrogens with two attached hydrogens (primary N) is 2. The average molecular weight is 238 g/mol. The minimum atomic E-state index is -0.0995. The molecule has 0 amide bonds. The molecule has 86 valence electrons. The van der Waals surface area contributed by atoms with Crippen LogP contribution in [0.25, 0.3) is 0 Å². The second-order valence-electron chi connectivity index (χ2n) is 2.94. The largest absolute Gasteiger partial charge is 0.496 e. The SMILES string of the molecule is COc1ccccc1CSC(=N)N=C(N)N. The van der Waals surface area contributed by atoms with Crippen molar-refractivity contribution in [1.29, 1.82) is 5.41 Å². The molecule has 0 spiro atoms. The summed E-state index contributed by atoms with van der Waals surface area (Å²) in [5.41, 5.74) is 11.3. The van der Waals surface area contributed by atoms with Crippen LogP contribution < -0.4 is 16.2 Å². The monoisotopic (exact) mass is 238 g/mol. The Morgan fingerprint density at radius 2 is 2.12 bits per heavy atom. The van der Waals surface area contributed by atoms with Crippen molar-refractivity contribution in [3.05, 3.63) is 29.8 Å². The molecule has 0 saturated carbocycles. The van der Waals surface area contributed by atoms with Crippen molar-refractivity contribution in [3.8, 4) is 5.75 Å². The second-order valence-corrected chi connectivity index (χ2v) is 3.91. The number of amidine groups is 1. The molecule has 0 saturated heterocycles. The molecule has 5 nitrogen and oxygen atoms in total. The second kappa shape index (κ2) is 6.02. The van der Waals surface area contributed by atoms with E-state index in [9.17, 15) is 0 Å². The molecular weight excluding hydrogens is 224 g/mol. The number of hydrogen-bond acceptors (Lipinski definition) is 3. The van der Waals surface area contributed by atoms with Crippen molar-refractivity contribution in [1.82, 2.24) is 0 Å². The normalized spacial score (nSPS) is 9.56. The summed E-state index contributed by atoms with van der Waals surface area (Å²) in [4.78, 5) is 3.63. The van der Waals surface area contributed by atoms with Crippen LogP contribution in [0.2, 0.25) is 0 Å². The lowest BCUT2D eigenvalue weighted by Crippen LogP contribution is -2.23. The van der Waals surface area contributed by atoms with E-state index in [0.717, 1.165) is 11.3 Å². The van der Waals surface area contributed by atoms with Gasteiger partial charge in [-0.05, 0) is 6.07 Å². The Morgan fingerprint density at radius 1 is 1.44 bits per heavy atom. The highest BCUT2D eigenvalue weighted by atomic mass is 32.2. The van der Waals surface area contributed by atoms with E-state index < -0.39 is 0 Å². The summed E-state index contributed by atoms with van der Waals surface area (Å²) in [6.07, 6.45) is 0. The molecule has 1 aromatic carbocycles. The van der Waals surface area contributed by atoms with E-state index in [1.807, 2.05) is 24.3 Å². The third-order valence-corrected chi connectivity index (χ3v) is 2.61. The van der Waals surface area contributed by atoms with E-state index in [1.165, 1.54) is 11.8 Å². The van der Waals surface area contributed by atoms with Crippen LogP contribution in [0.1, 0.15) is 5.56 Å². The molecule has 5 N–H and O–H groups in total. The number of guanidine groups is 1. The molecule has 1 rings (SSSR count). The number of aliphatic imine (C=N–C) groups is 1. The lowest BCUT2D eigenvalue weighted by molar-refractivity contribution is 0.411. The number of ether oxygens (including phenoxy) is 1. The van der Waals surface area contributed by atoms with E-state index in [4.69, 9.17) is 21.6 Å². The Labute approximate surface area is 98.4 Å². The Balaban J connectivity index is 2.61. The van der Waals surface area contributed by atoms with Crippen LogP contribution in [0.15, 0.2) is 29.3 Å². The van der Waals surface area contributed by atoms with Crippen LogP contribution in [0.4, 0.5) is 0 Å². The molecule has 0 radical (unpaired) electrons. The third-order valence-electron chi connectivity index (χ3n) is 1.79. The van der Waals surface area contributed by atoms with Crippen LogP contribution in [0.5, 0.6) is 5.75 Å². The smallest absolute Gasteiger partial charge is 0.193 e. The highest BCUT2D eigenvalue weighted by Gasteiger charge is 2.03. The van der Waals surface area contributed by atoms with Gasteiger partial charge >= 0.3 is 0 Å². The van der Waals surface area contributed by atoms with Crippen molar-refractivity contribution in [2.24, 2.45) is 16.5 Å². The lowest BCUT2D eigenvalue weighted by atomic mass is 10.2. The molecule has 6 heteroatoms. The summed E-state index contributed by atoms with van der Waals surface area (Å²) >= 11 is 1.24. The Hall–Kier alpha value is -1.69. The van der Waals surface area contributed by atoms with Gasteiger partial charge in [0.1, 0.15) is 5.75 Å². The fourth-order valence-corrected chi connectivity index (χ4v) is 1.82. The standard InChI is InChI=1S/C10H14N4OS/c1-15-8-5-3-2-4-7(8)6-16-10(13)14-9(11)12/h2-5H,6H2,1H3,(H5,11,12,13,14). The number of thioether (sulfide) groups is 1. The summed E-state index contributed by atoms with van der Waals surface area (Å²) in [6, 6.07) is 7.63. The number of benzene rings is 1. The molecule has 1 aromatic rings. The van der Waals surface area contributed by atoms with E-state index in [-0.39, 0.29) is 11.1 Å². The van der Waals surface area contributed by atoms with Gasteiger partial charge in [-0.2, -0.15) is 4.99 Å². The van der Waals surface area contributed by atoms with Gasteiger partial charge in [-0.15, -0.1) is 0 Å². The van der Waals surface area contributed by atoms with Gasteiger partial charge in [0.15, 0.2) is 11.1 Å². The quantitative estimate of drug-likeness (QED) is 0.543. The van der Waals surface area contributed by atoms with Crippen LogP contribution >= 0.6 is 11.8 Å². The van der Waals surface area contributed by atoms with Crippen LogP contribution in [-0.4, -0.2) is 18.2 Å². The van der Waals surface area contributed by atoms with Gasteiger partial charge in [0, 0.05) is 11.3 Å². The first-order valence-electron chi connectivity index (χ1n) is 4.56. The Kier molecular flexibility index (Phi) is 4.65. The predicted molar refractivity (Wildman–Crippen MR) is 67.8 cm³/mol. The van der Waals surface area contributed by atoms with E-state index in [2.05, 4.69) is 4.99 Å². The maximum Gasteiger partial charge on any atom is 0.193 e. The van der Waals surface area contributed by atoms with Gasteiger partial charge in [-0.1, -0.05) is 30.0 Å². The molecule has 16 heavy (non-hydrogen) atoms. The molecule has 0 heterocycles. The zero-order valence-electron chi connectivity index (χ0n) is 8.93. The predicted octanol–water partition coefficient (Wildman–Crippen LogP) is 1.14. The molecular formula is C10H14N4OS. The maximum absolute atomic E-state index is 7.47. The van der Waals surface area contributed by atoms with Gasteiger partial charge in [0.25, 0.3) is 0 Å². The molecule has 0 unspecified atom stereocenters. The van der Waals surface area contributed by atoms with E-state index in [0.29, 0.717) is 5.75 Å². The number of hydrogen-bond donors (Lipinski definition) is 3. The number of rotatable bonds is 3. The zero-order chi connectivity index (χ0) is 12.0. The Morgan fingerprint density at radius 3 is 2.75 bits per heavy atom. The first-order valence-corrected chi connectivity index (χ1v) is 5.55. The first-order chi connectivity index (χ1) is 7.63. The molecule has 0 bridgehead atoms. The molecule has 0 aliphatic rings. The van der Waals surface area contributed by atoms with Gasteiger partial charge in [0.2, 0.25) is 0 Å². The maximum atomic E-state index is 7.47. The average Bonchev–Trinajstić information content (AvgIpc) is 2.26. The van der Waals surface area contributed by atoms with Crippen molar-refractivity contribution in [2.45, 2.75) is 5.75 Å². The third kappa shape index (κ3) is 3.82. The van der Waals surface area contributed by atoms with Crippen molar-refractivity contribution < 1.29 is 4.74 Å². The van der Waals surface area contributed by atoms with Gasteiger partial charge in [0.05, 0.1) is 7.11 Å². The molecule has 0 atom stereocenters. The minimum Gasteiger partial charge on any atom is -0.496 e. The summed E-state index contributed by atoms with van der Waals surface area (Å²) in [6.45, 7) is 0. The number of para-hydroxylation sites is 1. The summed E-state index contributed by atoms with van der Waals surface area (Å²) < 4.78 is 5.19. The van der Waals surface area contributed by atoms with E-state index >= 15 is 0 Å². The van der Waals surface area contributed by atoms with Crippen molar-refractivity contribution in [3.63, 3.8) is 0 Å². The summed E-state index contributed by atoms with van der Waals surface area (Å²) in [5.74, 6) is 1.30. The van der Waals surface area contributed by atoms with Crippen LogP contribution in [-0.2, 0) is 5.75 Å². The topological polar surface area (TPSA) is 97.5 Å². The van der Waals surface area contributed by atoms with Crippen LogP contribution in [0, 0.1) is 5.41 Å². The fraction of sp³-hybridized carbons (Fsp3) is 0.200. The Bertz CT molecular complexity index is 402. The zero-order valence-corrected chi connectivity index (χ0v) is 9.75. The molecule has 0 aliphatic heterocycles. The first kappa shape index (κ1) is 12.4. The van der Waals surface area contributed by atoms with Gasteiger partial charge in [-0.3, -0.25) is 5.41 Å². The van der Waals surface area contributed by atoms with Crippen molar-refractivity contribution >= 4 is 22.9 Å². The molecule has 0 fully saturated rings. The summed E-state index contributed by atoms with van der Waals surface area (Å²) in [7, 11) is 1.62. The van der Waals surface area contributed by atoms with Gasteiger partial charge < -0.3 is 16.2 Å². The summed E-state index contributed by atoms with van der Waals surface area (Å²) in [5, 5.41) is 7.56. The highest BCUT2D eigenvalue weighted by Crippen LogP contribution is 2.23.